The number of hydrogen-bond acceptors (Lipinski definition) is 4. The molecule has 0 unspecified atom stereocenters. The Labute approximate surface area is 137 Å². The molecule has 23 heavy (non-hydrogen) atoms. The monoisotopic (exact) mass is 319 g/mol. The van der Waals surface area contributed by atoms with Gasteiger partial charge in [-0.05, 0) is 24.7 Å². The first kappa shape index (κ1) is 17.4. The normalized spacial score (nSPS) is 20.0. The van der Waals surface area contributed by atoms with Gasteiger partial charge >= 0.3 is 5.97 Å². The molecule has 126 valence electrons. The van der Waals surface area contributed by atoms with Crippen molar-refractivity contribution < 1.29 is 14.7 Å². The van der Waals surface area contributed by atoms with Gasteiger partial charge in [-0.1, -0.05) is 12.1 Å². The second-order valence-electron chi connectivity index (χ2n) is 6.43. The van der Waals surface area contributed by atoms with E-state index in [4.69, 9.17) is 5.11 Å². The summed E-state index contributed by atoms with van der Waals surface area (Å²) in [6.07, 6.45) is 0. The quantitative estimate of drug-likeness (QED) is 0.891. The van der Waals surface area contributed by atoms with E-state index in [0.29, 0.717) is 5.56 Å². The lowest BCUT2D eigenvalue weighted by molar-refractivity contribution is -0.133. The molecule has 1 heterocycles. The Hall–Kier alpha value is -1.92. The van der Waals surface area contributed by atoms with Crippen LogP contribution in [0.5, 0.6) is 0 Å². The lowest BCUT2D eigenvalue weighted by Crippen LogP contribution is -2.40. The largest absolute Gasteiger partial charge is 0.478 e. The zero-order valence-corrected chi connectivity index (χ0v) is 14.0. The maximum absolute atomic E-state index is 12.3. The van der Waals surface area contributed by atoms with Crippen LogP contribution < -0.4 is 0 Å². The Balaban J connectivity index is 2.05. The van der Waals surface area contributed by atoms with Crippen LogP contribution in [0.3, 0.4) is 0 Å². The van der Waals surface area contributed by atoms with Gasteiger partial charge in [-0.25, -0.2) is 4.79 Å². The van der Waals surface area contributed by atoms with E-state index in [9.17, 15) is 9.59 Å². The summed E-state index contributed by atoms with van der Waals surface area (Å²) in [5, 5.41) is 8.95. The molecule has 6 heteroatoms. The molecule has 0 aliphatic carbocycles. The van der Waals surface area contributed by atoms with Crippen molar-refractivity contribution in [3.05, 3.63) is 35.4 Å². The van der Waals surface area contributed by atoms with Crippen LogP contribution >= 0.6 is 0 Å². The van der Waals surface area contributed by atoms with Gasteiger partial charge in [0.05, 0.1) is 11.5 Å². The number of amides is 1. The predicted molar refractivity (Wildman–Crippen MR) is 88.4 cm³/mol. The third kappa shape index (κ3) is 4.77. The van der Waals surface area contributed by atoms with E-state index >= 15 is 0 Å². The summed E-state index contributed by atoms with van der Waals surface area (Å²) < 4.78 is 0. The van der Waals surface area contributed by atoms with Crippen LogP contribution in [0, 0.1) is 5.92 Å². The predicted octanol–water partition coefficient (Wildman–Crippen LogP) is 0.837. The molecule has 1 aliphatic rings. The maximum atomic E-state index is 12.3. The van der Waals surface area contributed by atoms with Crippen molar-refractivity contribution in [1.82, 2.24) is 14.7 Å². The van der Waals surface area contributed by atoms with Gasteiger partial charge in [-0.3, -0.25) is 9.69 Å². The molecule has 0 radical (unpaired) electrons. The minimum atomic E-state index is -0.912. The first-order chi connectivity index (χ1) is 10.9. The van der Waals surface area contributed by atoms with E-state index in [1.54, 1.807) is 31.1 Å². The Morgan fingerprint density at radius 2 is 1.83 bits per heavy atom. The lowest BCUT2D eigenvalue weighted by Gasteiger charge is -2.25. The molecule has 6 nitrogen and oxygen atoms in total. The number of carboxylic acids is 1. The highest BCUT2D eigenvalue weighted by Gasteiger charge is 2.27. The molecule has 1 amide bonds. The SMILES string of the molecule is CN1CCN(Cc2ccc(C(=O)O)cc2)C[C@H](C(=O)N(C)C)C1. The van der Waals surface area contributed by atoms with E-state index in [0.717, 1.165) is 38.3 Å². The summed E-state index contributed by atoms with van der Waals surface area (Å²) in [4.78, 5) is 29.3. The summed E-state index contributed by atoms with van der Waals surface area (Å²) in [7, 11) is 5.63. The van der Waals surface area contributed by atoms with Crippen molar-refractivity contribution in [3.8, 4) is 0 Å². The summed E-state index contributed by atoms with van der Waals surface area (Å²) in [5.41, 5.74) is 1.36. The van der Waals surface area contributed by atoms with Gasteiger partial charge in [0, 0.05) is 46.8 Å². The molecule has 0 aromatic heterocycles. The maximum Gasteiger partial charge on any atom is 0.335 e. The highest BCUT2D eigenvalue weighted by Crippen LogP contribution is 2.14. The molecular weight excluding hydrogens is 294 g/mol. The van der Waals surface area contributed by atoms with Gasteiger partial charge in [0.2, 0.25) is 5.91 Å². The number of aromatic carboxylic acids is 1. The summed E-state index contributed by atoms with van der Waals surface area (Å²) >= 11 is 0. The van der Waals surface area contributed by atoms with E-state index in [1.807, 2.05) is 19.2 Å². The number of likely N-dealkylation sites (N-methyl/N-ethyl adjacent to an activating group) is 1. The third-order valence-corrected chi connectivity index (χ3v) is 4.21. The van der Waals surface area contributed by atoms with Crippen LogP contribution in [-0.4, -0.2) is 79.0 Å². The number of benzene rings is 1. The second kappa shape index (κ2) is 7.57. The van der Waals surface area contributed by atoms with Gasteiger partial charge < -0.3 is 14.9 Å². The van der Waals surface area contributed by atoms with Crippen molar-refractivity contribution in [3.63, 3.8) is 0 Å². The molecule has 1 aromatic carbocycles. The molecule has 2 rings (SSSR count). The molecule has 1 saturated heterocycles. The number of carboxylic acid groups (broad SMARTS) is 1. The van der Waals surface area contributed by atoms with Crippen LogP contribution in [0.25, 0.3) is 0 Å². The number of rotatable bonds is 4. The Bertz CT molecular complexity index is 557. The molecular formula is C17H25N3O3. The highest BCUT2D eigenvalue weighted by atomic mass is 16.4. The molecule has 1 aromatic rings. The number of carbonyl (C=O) groups excluding carboxylic acids is 1. The first-order valence-corrected chi connectivity index (χ1v) is 7.81. The first-order valence-electron chi connectivity index (χ1n) is 7.81. The van der Waals surface area contributed by atoms with Gasteiger partial charge in [-0.15, -0.1) is 0 Å². The minimum Gasteiger partial charge on any atom is -0.478 e. The smallest absolute Gasteiger partial charge is 0.335 e. The molecule has 0 bridgehead atoms. The molecule has 1 fully saturated rings. The van der Waals surface area contributed by atoms with Crippen molar-refractivity contribution in [2.45, 2.75) is 6.54 Å². The van der Waals surface area contributed by atoms with Crippen molar-refractivity contribution in [1.29, 1.82) is 0 Å². The van der Waals surface area contributed by atoms with E-state index < -0.39 is 5.97 Å². The summed E-state index contributed by atoms with van der Waals surface area (Å²) in [6, 6.07) is 6.95. The topological polar surface area (TPSA) is 64.1 Å². The number of carbonyl (C=O) groups is 2. The average molecular weight is 319 g/mol. The second-order valence-corrected chi connectivity index (χ2v) is 6.43. The molecule has 1 N–H and O–H groups in total. The molecule has 0 saturated carbocycles. The van der Waals surface area contributed by atoms with Gasteiger partial charge in [0.25, 0.3) is 0 Å². The van der Waals surface area contributed by atoms with Crippen LogP contribution in [-0.2, 0) is 11.3 Å². The van der Waals surface area contributed by atoms with Gasteiger partial charge in [0.1, 0.15) is 0 Å². The van der Waals surface area contributed by atoms with Crippen LogP contribution in [0.4, 0.5) is 0 Å². The van der Waals surface area contributed by atoms with Crippen molar-refractivity contribution in [2.75, 3.05) is 47.3 Å². The number of hydrogen-bond donors (Lipinski definition) is 1. The third-order valence-electron chi connectivity index (χ3n) is 4.21. The standard InChI is InChI=1S/C17H25N3O3/c1-18(2)16(21)15-11-19(3)8-9-20(12-15)10-13-4-6-14(7-5-13)17(22)23/h4-7,15H,8-12H2,1-3H3,(H,22,23)/t15-/m1/s1. The Morgan fingerprint density at radius 1 is 1.17 bits per heavy atom. The fourth-order valence-electron chi connectivity index (χ4n) is 2.92. The van der Waals surface area contributed by atoms with Gasteiger partial charge in [0.15, 0.2) is 0 Å². The molecule has 0 spiro atoms. The van der Waals surface area contributed by atoms with E-state index in [2.05, 4.69) is 9.80 Å². The molecule has 1 atom stereocenters. The zero-order chi connectivity index (χ0) is 17.0. The van der Waals surface area contributed by atoms with Crippen molar-refractivity contribution in [2.24, 2.45) is 5.92 Å². The number of nitrogens with zero attached hydrogens (tertiary/aromatic N) is 3. The molecule has 1 aliphatic heterocycles. The fraction of sp³-hybridized carbons (Fsp3) is 0.529. The highest BCUT2D eigenvalue weighted by molar-refractivity contribution is 5.87. The van der Waals surface area contributed by atoms with Crippen LogP contribution in [0.2, 0.25) is 0 Å². The Morgan fingerprint density at radius 3 is 2.39 bits per heavy atom. The van der Waals surface area contributed by atoms with Gasteiger partial charge in [-0.2, -0.15) is 0 Å². The summed E-state index contributed by atoms with van der Waals surface area (Å²) in [6.45, 7) is 4.04. The Kier molecular flexibility index (Phi) is 5.74. The fourth-order valence-corrected chi connectivity index (χ4v) is 2.92. The zero-order valence-electron chi connectivity index (χ0n) is 14.0. The average Bonchev–Trinajstić information content (AvgIpc) is 2.69. The summed E-state index contributed by atoms with van der Waals surface area (Å²) in [5.74, 6) is -0.787. The van der Waals surface area contributed by atoms with Crippen LogP contribution in [0.15, 0.2) is 24.3 Å². The van der Waals surface area contributed by atoms with E-state index in [1.165, 1.54) is 0 Å². The van der Waals surface area contributed by atoms with Crippen LogP contribution in [0.1, 0.15) is 15.9 Å². The van der Waals surface area contributed by atoms with E-state index in [-0.39, 0.29) is 11.8 Å². The minimum absolute atomic E-state index is 0.0317. The lowest BCUT2D eigenvalue weighted by atomic mass is 10.1. The van der Waals surface area contributed by atoms with Crippen molar-refractivity contribution >= 4 is 11.9 Å².